The van der Waals surface area contributed by atoms with Crippen molar-refractivity contribution in [2.45, 2.75) is 13.3 Å². The molecule has 0 rings (SSSR count). The molecular weight excluding hydrogens is 148 g/mol. The number of carbonyl (C=O) groups excluding carboxylic acids is 2. The number of ether oxygens (including phenoxy) is 2. The minimum Gasteiger partial charge on any atom is -0.465 e. The Morgan fingerprint density at radius 3 is 2.64 bits per heavy atom. The molecule has 0 radical (unpaired) electrons. The molecule has 0 aliphatic rings. The first-order chi connectivity index (χ1) is 5.16. The second kappa shape index (κ2) is 5.46. The summed E-state index contributed by atoms with van der Waals surface area (Å²) in [6.07, 6.45) is 1.10. The van der Waals surface area contributed by atoms with Crippen LogP contribution in [-0.4, -0.2) is 18.5 Å². The highest BCUT2D eigenvalue weighted by molar-refractivity contribution is 5.71. The van der Waals surface area contributed by atoms with Gasteiger partial charge in [0.15, 0.2) is 0 Å². The van der Waals surface area contributed by atoms with E-state index in [1.165, 1.54) is 6.92 Å². The predicted octanol–water partition coefficient (Wildman–Crippen LogP) is 0.626. The van der Waals surface area contributed by atoms with Crippen LogP contribution in [0.1, 0.15) is 13.3 Å². The van der Waals surface area contributed by atoms with Crippen LogP contribution < -0.4 is 0 Å². The van der Waals surface area contributed by atoms with Crippen molar-refractivity contribution < 1.29 is 19.1 Å². The van der Waals surface area contributed by atoms with Crippen molar-refractivity contribution in [3.63, 3.8) is 0 Å². The van der Waals surface area contributed by atoms with Crippen LogP contribution in [0, 0.1) is 0 Å². The Morgan fingerprint density at radius 1 is 1.55 bits per heavy atom. The van der Waals surface area contributed by atoms with E-state index in [-0.39, 0.29) is 13.0 Å². The summed E-state index contributed by atoms with van der Waals surface area (Å²) in [5.74, 6) is -0.863. The molecule has 0 saturated carbocycles. The molecule has 0 aromatic heterocycles. The Morgan fingerprint density at radius 2 is 2.18 bits per heavy atom. The number of hydrogen-bond acceptors (Lipinski definition) is 4. The fraction of sp³-hybridized carbons (Fsp3) is 0.429. The smallest absolute Gasteiger partial charge is 0.314 e. The Bertz CT molecular complexity index is 162. The number of hydrogen-bond donors (Lipinski definition) is 0. The summed E-state index contributed by atoms with van der Waals surface area (Å²) < 4.78 is 8.84. The molecule has 0 spiro atoms. The third kappa shape index (κ3) is 6.57. The van der Waals surface area contributed by atoms with Gasteiger partial charge in [0.2, 0.25) is 0 Å². The van der Waals surface area contributed by atoms with E-state index in [1.54, 1.807) is 0 Å². The molecule has 0 bridgehead atoms. The molecule has 0 aliphatic heterocycles. The molecule has 0 atom stereocenters. The van der Waals surface area contributed by atoms with Gasteiger partial charge < -0.3 is 9.47 Å². The predicted molar refractivity (Wildman–Crippen MR) is 37.5 cm³/mol. The van der Waals surface area contributed by atoms with Crippen molar-refractivity contribution in [3.8, 4) is 0 Å². The van der Waals surface area contributed by atoms with Gasteiger partial charge in [-0.3, -0.25) is 9.59 Å². The van der Waals surface area contributed by atoms with E-state index in [0.29, 0.717) is 0 Å². The second-order valence-electron chi connectivity index (χ2n) is 1.75. The van der Waals surface area contributed by atoms with Gasteiger partial charge in [0.25, 0.3) is 0 Å². The molecule has 0 aromatic carbocycles. The molecule has 62 valence electrons. The normalized spacial score (nSPS) is 8.45. The average Bonchev–Trinajstić information content (AvgIpc) is 1.87. The minimum atomic E-state index is -0.457. The molecule has 4 nitrogen and oxygen atoms in total. The summed E-state index contributed by atoms with van der Waals surface area (Å²) >= 11 is 0. The molecule has 0 heterocycles. The fourth-order valence-electron chi connectivity index (χ4n) is 0.430. The zero-order valence-electron chi connectivity index (χ0n) is 6.33. The van der Waals surface area contributed by atoms with Gasteiger partial charge in [-0.15, -0.1) is 0 Å². The van der Waals surface area contributed by atoms with Gasteiger partial charge >= 0.3 is 11.9 Å². The summed E-state index contributed by atoms with van der Waals surface area (Å²) in [5.41, 5.74) is 0. The molecule has 0 unspecified atom stereocenters. The highest BCUT2D eigenvalue weighted by Gasteiger charge is 2.01. The van der Waals surface area contributed by atoms with Crippen LogP contribution in [0.4, 0.5) is 0 Å². The van der Waals surface area contributed by atoms with Crippen molar-refractivity contribution in [2.24, 2.45) is 0 Å². The molecule has 0 aromatic rings. The molecule has 0 amide bonds. The third-order valence-electron chi connectivity index (χ3n) is 0.826. The first-order valence-corrected chi connectivity index (χ1v) is 3.10. The van der Waals surface area contributed by atoms with E-state index in [0.717, 1.165) is 6.26 Å². The zero-order valence-corrected chi connectivity index (χ0v) is 6.33. The lowest BCUT2D eigenvalue weighted by Crippen LogP contribution is -2.07. The van der Waals surface area contributed by atoms with E-state index < -0.39 is 11.9 Å². The van der Waals surface area contributed by atoms with E-state index >= 15 is 0 Å². The number of carbonyl (C=O) groups is 2. The van der Waals surface area contributed by atoms with E-state index in [9.17, 15) is 9.59 Å². The van der Waals surface area contributed by atoms with Crippen molar-refractivity contribution in [3.05, 3.63) is 12.8 Å². The summed E-state index contributed by atoms with van der Waals surface area (Å²) in [7, 11) is 0. The SMILES string of the molecule is C=COC(=O)CCOC(C)=O. The van der Waals surface area contributed by atoms with Gasteiger partial charge in [-0.1, -0.05) is 6.58 Å². The molecule has 11 heavy (non-hydrogen) atoms. The van der Waals surface area contributed by atoms with Gasteiger partial charge in [0.05, 0.1) is 12.7 Å². The monoisotopic (exact) mass is 158 g/mol. The lowest BCUT2D eigenvalue weighted by atomic mass is 10.5. The first kappa shape index (κ1) is 9.68. The maximum Gasteiger partial charge on any atom is 0.314 e. The molecule has 0 saturated heterocycles. The van der Waals surface area contributed by atoms with Gasteiger partial charge in [-0.25, -0.2) is 0 Å². The topological polar surface area (TPSA) is 52.6 Å². The molecule has 0 aliphatic carbocycles. The quantitative estimate of drug-likeness (QED) is 0.444. The molecule has 4 heteroatoms. The third-order valence-corrected chi connectivity index (χ3v) is 0.826. The van der Waals surface area contributed by atoms with Crippen molar-refractivity contribution in [1.29, 1.82) is 0 Å². The van der Waals surface area contributed by atoms with Crippen LogP contribution in [-0.2, 0) is 19.1 Å². The highest BCUT2D eigenvalue weighted by Crippen LogP contribution is 1.88. The van der Waals surface area contributed by atoms with Gasteiger partial charge in [-0.2, -0.15) is 0 Å². The summed E-state index contributed by atoms with van der Waals surface area (Å²) in [6, 6.07) is 0. The van der Waals surface area contributed by atoms with Gasteiger partial charge in [0.1, 0.15) is 6.61 Å². The lowest BCUT2D eigenvalue weighted by molar-refractivity contribution is -0.144. The van der Waals surface area contributed by atoms with Crippen molar-refractivity contribution >= 4 is 11.9 Å². The first-order valence-electron chi connectivity index (χ1n) is 3.10. The Hall–Kier alpha value is -1.32. The Kier molecular flexibility index (Phi) is 4.81. The van der Waals surface area contributed by atoms with Crippen LogP contribution in [0.5, 0.6) is 0 Å². The number of esters is 2. The zero-order chi connectivity index (χ0) is 8.69. The van der Waals surface area contributed by atoms with Crippen LogP contribution in [0.25, 0.3) is 0 Å². The number of rotatable bonds is 4. The Balaban J connectivity index is 3.31. The summed E-state index contributed by atoms with van der Waals surface area (Å²) in [6.45, 7) is 4.53. The van der Waals surface area contributed by atoms with Crippen LogP contribution in [0.15, 0.2) is 12.8 Å². The minimum absolute atomic E-state index is 0.0575. The fourth-order valence-corrected chi connectivity index (χ4v) is 0.430. The highest BCUT2D eigenvalue weighted by atomic mass is 16.5. The van der Waals surface area contributed by atoms with E-state index in [4.69, 9.17) is 0 Å². The summed E-state index contributed by atoms with van der Waals surface area (Å²) in [5, 5.41) is 0. The maximum atomic E-state index is 10.5. The molecule has 0 fully saturated rings. The van der Waals surface area contributed by atoms with Crippen LogP contribution in [0.2, 0.25) is 0 Å². The van der Waals surface area contributed by atoms with Crippen LogP contribution in [0.3, 0.4) is 0 Å². The largest absolute Gasteiger partial charge is 0.465 e. The van der Waals surface area contributed by atoms with Crippen molar-refractivity contribution in [2.75, 3.05) is 6.61 Å². The van der Waals surface area contributed by atoms with Crippen molar-refractivity contribution in [1.82, 2.24) is 0 Å². The van der Waals surface area contributed by atoms with E-state index in [1.807, 2.05) is 0 Å². The standard InChI is InChI=1S/C7H10O4/c1-3-10-7(9)4-5-11-6(2)8/h3H,1,4-5H2,2H3. The molecule has 0 N–H and O–H groups in total. The van der Waals surface area contributed by atoms with Gasteiger partial charge in [0, 0.05) is 6.92 Å². The van der Waals surface area contributed by atoms with Gasteiger partial charge in [-0.05, 0) is 0 Å². The average molecular weight is 158 g/mol. The molecular formula is C7H10O4. The van der Waals surface area contributed by atoms with Crippen LogP contribution >= 0.6 is 0 Å². The lowest BCUT2D eigenvalue weighted by Gasteiger charge is -1.99. The van der Waals surface area contributed by atoms with E-state index in [2.05, 4.69) is 16.1 Å². The Labute approximate surface area is 64.8 Å². The maximum absolute atomic E-state index is 10.5. The second-order valence-corrected chi connectivity index (χ2v) is 1.75. The summed E-state index contributed by atoms with van der Waals surface area (Å²) in [4.78, 5) is 20.7.